The van der Waals surface area contributed by atoms with Gasteiger partial charge in [0, 0.05) is 6.20 Å². The van der Waals surface area contributed by atoms with Crippen molar-refractivity contribution in [1.29, 1.82) is 0 Å². The number of pyridine rings is 1. The Morgan fingerprint density at radius 3 is 2.64 bits per heavy atom. The normalized spacial score (nSPS) is 19.5. The largest absolute Gasteiger partial charge is 0.417 e. The van der Waals surface area contributed by atoms with Crippen LogP contribution in [-0.2, 0) is 11.0 Å². The molecular weight excluding hydrogens is 402 g/mol. The molecule has 6 nitrogen and oxygen atoms in total. The highest BCUT2D eigenvalue weighted by molar-refractivity contribution is 6.33. The predicted octanol–water partition coefficient (Wildman–Crippen LogP) is 3.42. The van der Waals surface area contributed by atoms with Gasteiger partial charge in [-0.25, -0.2) is 14.8 Å². The third kappa shape index (κ3) is 3.73. The standard InChI is InChI=1S/C17H14ClF4N5O/c1-16(15(28)25-13-6-5-9(8-24-13)17(20,21)22)7-12(23)27(26-16)11-4-2-3-10(19)14(11)18/h2-8,26H,23H2,1H3,(H,24,25,28). The predicted molar refractivity (Wildman–Crippen MR) is 95.6 cm³/mol. The zero-order chi connectivity index (χ0) is 20.7. The third-order valence-electron chi connectivity index (χ3n) is 4.02. The molecule has 148 valence electrons. The molecule has 0 spiro atoms. The quantitative estimate of drug-likeness (QED) is 0.669. The smallest absolute Gasteiger partial charge is 0.384 e. The molecule has 1 aromatic carbocycles. The number of nitrogens with zero attached hydrogens (tertiary/aromatic N) is 2. The van der Waals surface area contributed by atoms with E-state index < -0.39 is 29.0 Å². The summed E-state index contributed by atoms with van der Waals surface area (Å²) < 4.78 is 51.5. The molecule has 3 rings (SSSR count). The van der Waals surface area contributed by atoms with Crippen LogP contribution in [0, 0.1) is 5.82 Å². The molecule has 11 heteroatoms. The van der Waals surface area contributed by atoms with E-state index in [0.717, 1.165) is 12.1 Å². The molecule has 1 aliphatic heterocycles. The Hall–Kier alpha value is -2.85. The molecule has 28 heavy (non-hydrogen) atoms. The van der Waals surface area contributed by atoms with Crippen LogP contribution in [-0.4, -0.2) is 16.4 Å². The minimum absolute atomic E-state index is 0.0739. The Morgan fingerprint density at radius 2 is 2.04 bits per heavy atom. The number of hydrogen-bond donors (Lipinski definition) is 3. The molecule has 0 saturated heterocycles. The Balaban J connectivity index is 1.78. The number of hydrogen-bond acceptors (Lipinski definition) is 5. The maximum Gasteiger partial charge on any atom is 0.417 e. The van der Waals surface area contributed by atoms with Crippen molar-refractivity contribution in [3.8, 4) is 0 Å². The van der Waals surface area contributed by atoms with E-state index in [0.29, 0.717) is 6.20 Å². The lowest BCUT2D eigenvalue weighted by atomic mass is 10.0. The molecule has 0 aliphatic carbocycles. The monoisotopic (exact) mass is 415 g/mol. The minimum Gasteiger partial charge on any atom is -0.384 e. The Morgan fingerprint density at radius 1 is 1.32 bits per heavy atom. The number of rotatable bonds is 3. The molecule has 1 atom stereocenters. The van der Waals surface area contributed by atoms with Crippen LogP contribution in [0.25, 0.3) is 0 Å². The lowest BCUT2D eigenvalue weighted by molar-refractivity contribution is -0.137. The van der Waals surface area contributed by atoms with E-state index in [-0.39, 0.29) is 22.3 Å². The number of benzene rings is 1. The van der Waals surface area contributed by atoms with Crippen molar-refractivity contribution >= 4 is 29.0 Å². The molecule has 0 radical (unpaired) electrons. The Kier molecular flexibility index (Phi) is 4.94. The van der Waals surface area contributed by atoms with Crippen molar-refractivity contribution < 1.29 is 22.4 Å². The summed E-state index contributed by atoms with van der Waals surface area (Å²) in [6, 6.07) is 5.93. The summed E-state index contributed by atoms with van der Waals surface area (Å²) in [5.74, 6) is -1.29. The Bertz CT molecular complexity index is 948. The zero-order valence-electron chi connectivity index (χ0n) is 14.3. The summed E-state index contributed by atoms with van der Waals surface area (Å²) in [5, 5.41) is 3.46. The fourth-order valence-corrected chi connectivity index (χ4v) is 2.76. The number of carbonyl (C=O) groups excluding carboxylic acids is 1. The fraction of sp³-hybridized carbons (Fsp3) is 0.176. The van der Waals surface area contributed by atoms with E-state index >= 15 is 0 Å². The van der Waals surface area contributed by atoms with Gasteiger partial charge >= 0.3 is 6.18 Å². The van der Waals surface area contributed by atoms with Crippen molar-refractivity contribution in [2.75, 3.05) is 10.3 Å². The van der Waals surface area contributed by atoms with Crippen LogP contribution in [0.4, 0.5) is 29.1 Å². The van der Waals surface area contributed by atoms with Crippen molar-refractivity contribution in [3.63, 3.8) is 0 Å². The summed E-state index contributed by atoms with van der Waals surface area (Å²) >= 11 is 5.95. The van der Waals surface area contributed by atoms with Crippen molar-refractivity contribution in [2.24, 2.45) is 5.73 Å². The third-order valence-corrected chi connectivity index (χ3v) is 4.39. The van der Waals surface area contributed by atoms with E-state index in [9.17, 15) is 22.4 Å². The minimum atomic E-state index is -4.53. The molecule has 1 amide bonds. The molecule has 2 aromatic rings. The summed E-state index contributed by atoms with van der Waals surface area (Å²) in [6.45, 7) is 1.48. The maximum atomic E-state index is 13.7. The van der Waals surface area contributed by atoms with Crippen LogP contribution in [0.2, 0.25) is 5.02 Å². The maximum absolute atomic E-state index is 13.7. The average molecular weight is 416 g/mol. The topological polar surface area (TPSA) is 83.3 Å². The molecule has 1 aliphatic rings. The van der Waals surface area contributed by atoms with E-state index in [4.69, 9.17) is 17.3 Å². The first kappa shape index (κ1) is 19.9. The molecule has 0 bridgehead atoms. The van der Waals surface area contributed by atoms with Gasteiger partial charge in [-0.2, -0.15) is 13.2 Å². The van der Waals surface area contributed by atoms with Gasteiger partial charge in [-0.05, 0) is 37.3 Å². The van der Waals surface area contributed by atoms with E-state index in [2.05, 4.69) is 15.7 Å². The number of alkyl halides is 3. The lowest BCUT2D eigenvalue weighted by Crippen LogP contribution is -2.53. The summed E-state index contributed by atoms with van der Waals surface area (Å²) in [6.07, 6.45) is -2.55. The van der Waals surface area contributed by atoms with Crippen molar-refractivity contribution in [1.82, 2.24) is 10.4 Å². The highest BCUT2D eigenvalue weighted by Crippen LogP contribution is 2.33. The number of carbonyl (C=O) groups is 1. The fourth-order valence-electron chi connectivity index (χ4n) is 2.55. The molecule has 0 fully saturated rings. The number of halogens is 5. The number of hydrazine groups is 1. The van der Waals surface area contributed by atoms with Crippen LogP contribution < -0.4 is 21.5 Å². The average Bonchev–Trinajstić information content (AvgIpc) is 2.93. The molecular formula is C17H14ClF4N5O. The van der Waals surface area contributed by atoms with Gasteiger partial charge in [-0.3, -0.25) is 9.80 Å². The summed E-state index contributed by atoms with van der Waals surface area (Å²) in [5.41, 5.74) is 6.60. The van der Waals surface area contributed by atoms with E-state index in [1.807, 2.05) is 0 Å². The first-order valence-electron chi connectivity index (χ1n) is 7.86. The van der Waals surface area contributed by atoms with Crippen LogP contribution in [0.1, 0.15) is 12.5 Å². The van der Waals surface area contributed by atoms with Gasteiger partial charge in [0.1, 0.15) is 28.0 Å². The van der Waals surface area contributed by atoms with Gasteiger partial charge in [0.25, 0.3) is 5.91 Å². The molecule has 1 aromatic heterocycles. The number of amides is 1. The van der Waals surface area contributed by atoms with Crippen LogP contribution in [0.15, 0.2) is 48.4 Å². The molecule has 4 N–H and O–H groups in total. The molecule has 2 heterocycles. The van der Waals surface area contributed by atoms with Crippen LogP contribution in [0.5, 0.6) is 0 Å². The van der Waals surface area contributed by atoms with Gasteiger partial charge in [-0.1, -0.05) is 17.7 Å². The van der Waals surface area contributed by atoms with Gasteiger partial charge in [-0.15, -0.1) is 0 Å². The SMILES string of the molecule is CC1(C(=O)Nc2ccc(C(F)(F)F)cn2)C=C(N)N(c2cccc(F)c2Cl)N1. The van der Waals surface area contributed by atoms with Crippen LogP contribution in [0.3, 0.4) is 0 Å². The highest BCUT2D eigenvalue weighted by atomic mass is 35.5. The second-order valence-electron chi connectivity index (χ2n) is 6.18. The second-order valence-corrected chi connectivity index (χ2v) is 6.55. The lowest BCUT2D eigenvalue weighted by Gasteiger charge is -2.27. The molecule has 1 unspecified atom stereocenters. The number of nitrogens with two attached hydrogens (primary N) is 1. The number of nitrogens with one attached hydrogen (secondary N) is 2. The number of aromatic nitrogens is 1. The van der Waals surface area contributed by atoms with Gasteiger partial charge < -0.3 is 11.1 Å². The summed E-state index contributed by atoms with van der Waals surface area (Å²) in [7, 11) is 0. The molecule has 0 saturated carbocycles. The van der Waals surface area contributed by atoms with E-state index in [1.54, 1.807) is 0 Å². The first-order chi connectivity index (χ1) is 13.0. The van der Waals surface area contributed by atoms with Crippen molar-refractivity contribution in [2.45, 2.75) is 18.6 Å². The Labute approximate surface area is 161 Å². The first-order valence-corrected chi connectivity index (χ1v) is 8.24. The van der Waals surface area contributed by atoms with Gasteiger partial charge in [0.2, 0.25) is 0 Å². The van der Waals surface area contributed by atoms with Crippen molar-refractivity contribution in [3.05, 3.63) is 64.8 Å². The van der Waals surface area contributed by atoms with Crippen LogP contribution >= 0.6 is 11.6 Å². The van der Waals surface area contributed by atoms with Gasteiger partial charge in [0.05, 0.1) is 11.3 Å². The number of anilines is 2. The zero-order valence-corrected chi connectivity index (χ0v) is 15.1. The second kappa shape index (κ2) is 6.95. The van der Waals surface area contributed by atoms with Gasteiger partial charge in [0.15, 0.2) is 0 Å². The van der Waals surface area contributed by atoms with E-state index in [1.165, 1.54) is 36.2 Å². The summed E-state index contributed by atoms with van der Waals surface area (Å²) in [4.78, 5) is 16.2. The highest BCUT2D eigenvalue weighted by Gasteiger charge is 2.40.